The van der Waals surface area contributed by atoms with E-state index in [1.807, 2.05) is 20.8 Å². The summed E-state index contributed by atoms with van der Waals surface area (Å²) in [5, 5.41) is 4.28. The molecule has 20 heavy (non-hydrogen) atoms. The van der Waals surface area contributed by atoms with E-state index < -0.39 is 10.0 Å². The number of hydrogen-bond donors (Lipinski definition) is 1. The third-order valence-electron chi connectivity index (χ3n) is 3.83. The maximum Gasteiger partial charge on any atom is 0.246 e. The van der Waals surface area contributed by atoms with E-state index in [4.69, 9.17) is 5.73 Å². The second-order valence-corrected chi connectivity index (χ2v) is 7.45. The van der Waals surface area contributed by atoms with Gasteiger partial charge in [0.25, 0.3) is 0 Å². The van der Waals surface area contributed by atoms with Gasteiger partial charge in [0.2, 0.25) is 10.0 Å². The normalized spacial score (nSPS) is 14.2. The largest absolute Gasteiger partial charge is 0.329 e. The highest BCUT2D eigenvalue weighted by Crippen LogP contribution is 2.25. The maximum absolute atomic E-state index is 12.8. The van der Waals surface area contributed by atoms with Crippen molar-refractivity contribution in [3.63, 3.8) is 0 Å². The molecule has 2 N–H and O–H groups in total. The van der Waals surface area contributed by atoms with Gasteiger partial charge < -0.3 is 5.73 Å². The zero-order valence-corrected chi connectivity index (χ0v) is 14.0. The quantitative estimate of drug-likeness (QED) is 0.854. The van der Waals surface area contributed by atoms with Crippen LogP contribution in [-0.4, -0.2) is 42.1 Å². The van der Waals surface area contributed by atoms with Gasteiger partial charge in [0.1, 0.15) is 4.90 Å². The molecule has 0 saturated carbocycles. The fraction of sp³-hybridized carbons (Fsp3) is 0.769. The first kappa shape index (κ1) is 17.1. The van der Waals surface area contributed by atoms with E-state index in [2.05, 4.69) is 5.10 Å². The van der Waals surface area contributed by atoms with Gasteiger partial charge in [-0.15, -0.1) is 0 Å². The molecule has 0 spiro atoms. The van der Waals surface area contributed by atoms with E-state index >= 15 is 0 Å². The van der Waals surface area contributed by atoms with Gasteiger partial charge in [-0.2, -0.15) is 9.40 Å². The van der Waals surface area contributed by atoms with E-state index in [-0.39, 0.29) is 12.0 Å². The van der Waals surface area contributed by atoms with Crippen LogP contribution < -0.4 is 5.73 Å². The standard InChI is InChI=1S/C13H26N4O2S/c1-9(2)11(4)16(6)20(18,19)13-10(3)15-17(8-7-14)12(13)5/h9,11H,7-8,14H2,1-6H3. The molecule has 0 aromatic carbocycles. The second kappa shape index (κ2) is 6.24. The maximum atomic E-state index is 12.8. The molecule has 0 aliphatic heterocycles. The molecule has 0 radical (unpaired) electrons. The Bertz CT molecular complexity index is 563. The number of nitrogens with two attached hydrogens (primary N) is 1. The third-order valence-corrected chi connectivity index (χ3v) is 6.03. The molecule has 0 saturated heterocycles. The highest BCUT2D eigenvalue weighted by Gasteiger charge is 2.32. The number of aromatic nitrogens is 2. The van der Waals surface area contributed by atoms with Crippen molar-refractivity contribution in [2.45, 2.75) is 52.1 Å². The predicted octanol–water partition coefficient (Wildman–Crippen LogP) is 1.12. The highest BCUT2D eigenvalue weighted by molar-refractivity contribution is 7.89. The van der Waals surface area contributed by atoms with Crippen LogP contribution in [0.4, 0.5) is 0 Å². The minimum absolute atomic E-state index is 0.0725. The molecule has 116 valence electrons. The van der Waals surface area contributed by atoms with Crippen LogP contribution in [0.3, 0.4) is 0 Å². The molecule has 0 bridgehead atoms. The Kier molecular flexibility index (Phi) is 5.34. The van der Waals surface area contributed by atoms with Crippen LogP contribution >= 0.6 is 0 Å². The van der Waals surface area contributed by atoms with Crippen LogP contribution in [0.15, 0.2) is 4.90 Å². The van der Waals surface area contributed by atoms with E-state index in [0.29, 0.717) is 29.4 Å². The Labute approximate surface area is 122 Å². The third kappa shape index (κ3) is 3.05. The molecule has 0 aliphatic rings. The summed E-state index contributed by atoms with van der Waals surface area (Å²) in [7, 11) is -1.91. The predicted molar refractivity (Wildman–Crippen MR) is 80.0 cm³/mol. The van der Waals surface area contributed by atoms with Gasteiger partial charge in [-0.05, 0) is 26.7 Å². The van der Waals surface area contributed by atoms with Crippen molar-refractivity contribution < 1.29 is 8.42 Å². The molecule has 0 amide bonds. The van der Waals surface area contributed by atoms with Crippen molar-refractivity contribution >= 4 is 10.0 Å². The Morgan fingerprint density at radius 3 is 2.30 bits per heavy atom. The zero-order chi connectivity index (χ0) is 15.7. The Morgan fingerprint density at radius 2 is 1.85 bits per heavy atom. The lowest BCUT2D eigenvalue weighted by atomic mass is 10.1. The number of aryl methyl sites for hydroxylation is 1. The van der Waals surface area contributed by atoms with E-state index in [1.54, 1.807) is 25.6 Å². The van der Waals surface area contributed by atoms with Gasteiger partial charge in [0.05, 0.1) is 17.9 Å². The van der Waals surface area contributed by atoms with Crippen molar-refractivity contribution in [2.24, 2.45) is 11.7 Å². The molecular formula is C13H26N4O2S. The molecule has 1 aromatic heterocycles. The second-order valence-electron chi connectivity index (χ2n) is 5.52. The number of sulfonamides is 1. The van der Waals surface area contributed by atoms with Crippen molar-refractivity contribution in [2.75, 3.05) is 13.6 Å². The van der Waals surface area contributed by atoms with Gasteiger partial charge >= 0.3 is 0 Å². The summed E-state index contributed by atoms with van der Waals surface area (Å²) < 4.78 is 28.7. The van der Waals surface area contributed by atoms with Gasteiger partial charge in [-0.1, -0.05) is 13.8 Å². The minimum Gasteiger partial charge on any atom is -0.329 e. The summed E-state index contributed by atoms with van der Waals surface area (Å²) in [4.78, 5) is 0.306. The van der Waals surface area contributed by atoms with E-state index in [0.717, 1.165) is 0 Å². The van der Waals surface area contributed by atoms with Crippen molar-refractivity contribution in [1.29, 1.82) is 0 Å². The fourth-order valence-electron chi connectivity index (χ4n) is 2.18. The summed E-state index contributed by atoms with van der Waals surface area (Å²) in [6, 6.07) is -0.0725. The van der Waals surface area contributed by atoms with Crippen molar-refractivity contribution in [3.05, 3.63) is 11.4 Å². The average molecular weight is 302 g/mol. The molecule has 6 nitrogen and oxygen atoms in total. The summed E-state index contributed by atoms with van der Waals surface area (Å²) in [5.74, 6) is 0.245. The summed E-state index contributed by atoms with van der Waals surface area (Å²) in [6.07, 6.45) is 0. The first-order valence-corrected chi connectivity index (χ1v) is 8.30. The Balaban J connectivity index is 3.29. The lowest BCUT2D eigenvalue weighted by molar-refractivity contribution is 0.315. The van der Waals surface area contributed by atoms with Gasteiger partial charge in [-0.25, -0.2) is 8.42 Å². The van der Waals surface area contributed by atoms with Crippen LogP contribution in [0.5, 0.6) is 0 Å². The molecule has 7 heteroatoms. The average Bonchev–Trinajstić information content (AvgIpc) is 2.63. The van der Waals surface area contributed by atoms with Crippen LogP contribution in [0.2, 0.25) is 0 Å². The number of nitrogens with zero attached hydrogens (tertiary/aromatic N) is 3. The molecular weight excluding hydrogens is 276 g/mol. The first-order chi connectivity index (χ1) is 9.14. The number of rotatable bonds is 6. The SMILES string of the molecule is Cc1nn(CCN)c(C)c1S(=O)(=O)N(C)C(C)C(C)C. The minimum atomic E-state index is -3.53. The van der Waals surface area contributed by atoms with E-state index in [9.17, 15) is 8.42 Å². The van der Waals surface area contributed by atoms with Crippen LogP contribution in [0, 0.1) is 19.8 Å². The Morgan fingerprint density at radius 1 is 1.30 bits per heavy atom. The van der Waals surface area contributed by atoms with Crippen molar-refractivity contribution in [1.82, 2.24) is 14.1 Å². The lowest BCUT2D eigenvalue weighted by Crippen LogP contribution is -2.38. The van der Waals surface area contributed by atoms with Gasteiger partial charge in [0, 0.05) is 19.6 Å². The summed E-state index contributed by atoms with van der Waals surface area (Å²) in [5.41, 5.74) is 6.70. The Hall–Kier alpha value is -0.920. The fourth-order valence-corrected chi connectivity index (χ4v) is 4.04. The molecule has 0 fully saturated rings. The van der Waals surface area contributed by atoms with Gasteiger partial charge in [0.15, 0.2) is 0 Å². The molecule has 1 heterocycles. The summed E-state index contributed by atoms with van der Waals surface area (Å²) in [6.45, 7) is 10.4. The van der Waals surface area contributed by atoms with Crippen LogP contribution in [0.1, 0.15) is 32.2 Å². The lowest BCUT2D eigenvalue weighted by Gasteiger charge is -2.27. The molecule has 1 rings (SSSR count). The van der Waals surface area contributed by atoms with Crippen LogP contribution in [0.25, 0.3) is 0 Å². The molecule has 1 atom stereocenters. The van der Waals surface area contributed by atoms with Crippen LogP contribution in [-0.2, 0) is 16.6 Å². The molecule has 1 unspecified atom stereocenters. The highest BCUT2D eigenvalue weighted by atomic mass is 32.2. The number of hydrogen-bond acceptors (Lipinski definition) is 4. The first-order valence-electron chi connectivity index (χ1n) is 6.86. The zero-order valence-electron chi connectivity index (χ0n) is 13.2. The topological polar surface area (TPSA) is 81.2 Å². The molecule has 0 aliphatic carbocycles. The monoisotopic (exact) mass is 302 g/mol. The molecule has 1 aromatic rings. The smallest absolute Gasteiger partial charge is 0.246 e. The van der Waals surface area contributed by atoms with Crippen molar-refractivity contribution in [3.8, 4) is 0 Å². The summed E-state index contributed by atoms with van der Waals surface area (Å²) >= 11 is 0. The van der Waals surface area contributed by atoms with E-state index in [1.165, 1.54) is 4.31 Å². The van der Waals surface area contributed by atoms with Gasteiger partial charge in [-0.3, -0.25) is 4.68 Å².